The van der Waals surface area contributed by atoms with Crippen LogP contribution >= 0.6 is 0 Å². The molecule has 2 aromatic rings. The van der Waals surface area contributed by atoms with Crippen LogP contribution in [0.25, 0.3) is 0 Å². The van der Waals surface area contributed by atoms with Crippen LogP contribution in [0.4, 0.5) is 0 Å². The summed E-state index contributed by atoms with van der Waals surface area (Å²) in [6.07, 6.45) is 4.78. The fourth-order valence-electron chi connectivity index (χ4n) is 2.47. The first kappa shape index (κ1) is 17.8. The van der Waals surface area contributed by atoms with Gasteiger partial charge in [0.2, 0.25) is 0 Å². The van der Waals surface area contributed by atoms with Gasteiger partial charge in [0, 0.05) is 46.1 Å². The lowest BCUT2D eigenvalue weighted by atomic mass is 10.2. The van der Waals surface area contributed by atoms with Crippen LogP contribution in [-0.4, -0.2) is 47.9 Å². The average molecular weight is 329 g/mol. The van der Waals surface area contributed by atoms with Crippen molar-refractivity contribution in [2.45, 2.75) is 26.4 Å². The first-order valence-corrected chi connectivity index (χ1v) is 8.34. The van der Waals surface area contributed by atoms with Crippen molar-refractivity contribution < 1.29 is 4.74 Å². The second-order valence-corrected chi connectivity index (χ2v) is 5.53. The maximum atomic E-state index is 5.47. The summed E-state index contributed by atoms with van der Waals surface area (Å²) >= 11 is 0. The Kier molecular flexibility index (Phi) is 7.14. The Hall–Kier alpha value is -2.50. The highest BCUT2D eigenvalue weighted by atomic mass is 16.5. The number of hydrogen-bond donors (Lipinski definition) is 1. The van der Waals surface area contributed by atoms with E-state index < -0.39 is 0 Å². The van der Waals surface area contributed by atoms with Crippen LogP contribution in [0.3, 0.4) is 0 Å². The summed E-state index contributed by atoms with van der Waals surface area (Å²) in [5.74, 6) is 1.80. The van der Waals surface area contributed by atoms with Crippen molar-refractivity contribution in [2.24, 2.45) is 4.99 Å². The molecular weight excluding hydrogens is 302 g/mol. The topological polar surface area (TPSA) is 54.7 Å². The monoisotopic (exact) mass is 329 g/mol. The molecule has 0 atom stereocenters. The molecule has 0 radical (unpaired) electrons. The summed E-state index contributed by atoms with van der Waals surface area (Å²) in [6, 6.07) is 10.1. The lowest BCUT2D eigenvalue weighted by Gasteiger charge is -2.22. The van der Waals surface area contributed by atoms with Gasteiger partial charge in [0.05, 0.1) is 6.61 Å². The van der Waals surface area contributed by atoms with Crippen LogP contribution in [0.2, 0.25) is 0 Å². The van der Waals surface area contributed by atoms with Gasteiger partial charge in [-0.2, -0.15) is 5.10 Å². The van der Waals surface area contributed by atoms with E-state index in [1.807, 2.05) is 50.1 Å². The number of aromatic nitrogens is 2. The number of ether oxygens (including phenoxy) is 1. The smallest absolute Gasteiger partial charge is 0.193 e. The third-order valence-electron chi connectivity index (χ3n) is 3.63. The summed E-state index contributed by atoms with van der Waals surface area (Å²) in [5, 5.41) is 7.60. The minimum Gasteiger partial charge on any atom is -0.494 e. The molecule has 0 saturated carbocycles. The molecule has 2 rings (SSSR count). The molecule has 0 aliphatic carbocycles. The summed E-state index contributed by atoms with van der Waals surface area (Å²) in [4.78, 5) is 6.46. The molecular formula is C18H27N5O. The van der Waals surface area contributed by atoms with E-state index in [-0.39, 0.29) is 0 Å². The summed E-state index contributed by atoms with van der Waals surface area (Å²) in [7, 11) is 3.85. The largest absolute Gasteiger partial charge is 0.494 e. The summed E-state index contributed by atoms with van der Waals surface area (Å²) in [6.45, 7) is 5.24. The Morgan fingerprint density at radius 1 is 1.33 bits per heavy atom. The summed E-state index contributed by atoms with van der Waals surface area (Å²) < 4.78 is 7.41. The highest BCUT2D eigenvalue weighted by molar-refractivity contribution is 5.79. The molecule has 0 saturated heterocycles. The minimum atomic E-state index is 0.689. The van der Waals surface area contributed by atoms with Crippen molar-refractivity contribution in [1.82, 2.24) is 20.0 Å². The number of nitrogens with zero attached hydrogens (tertiary/aromatic N) is 4. The molecule has 0 amide bonds. The molecule has 0 bridgehead atoms. The highest BCUT2D eigenvalue weighted by Gasteiger charge is 2.06. The van der Waals surface area contributed by atoms with Gasteiger partial charge >= 0.3 is 0 Å². The third kappa shape index (κ3) is 5.61. The van der Waals surface area contributed by atoms with Gasteiger partial charge in [-0.15, -0.1) is 0 Å². The maximum absolute atomic E-state index is 5.47. The fourth-order valence-corrected chi connectivity index (χ4v) is 2.47. The molecule has 0 aliphatic heterocycles. The molecule has 0 unspecified atom stereocenters. The van der Waals surface area contributed by atoms with Crippen LogP contribution in [0, 0.1) is 0 Å². The van der Waals surface area contributed by atoms with Crippen LogP contribution in [0.15, 0.2) is 47.7 Å². The van der Waals surface area contributed by atoms with Crippen LogP contribution in [-0.2, 0) is 13.1 Å². The predicted octanol–water partition coefficient (Wildman–Crippen LogP) is 2.38. The molecule has 0 spiro atoms. The molecule has 1 aromatic carbocycles. The molecule has 0 aliphatic rings. The molecule has 0 fully saturated rings. The number of guanidine groups is 1. The quantitative estimate of drug-likeness (QED) is 0.459. The maximum Gasteiger partial charge on any atom is 0.193 e. The fraction of sp³-hybridized carbons (Fsp3) is 0.444. The lowest BCUT2D eigenvalue weighted by Crippen LogP contribution is -2.39. The van der Waals surface area contributed by atoms with Crippen LogP contribution in [0.5, 0.6) is 5.75 Å². The molecule has 24 heavy (non-hydrogen) atoms. The molecule has 130 valence electrons. The van der Waals surface area contributed by atoms with Crippen molar-refractivity contribution in [3.8, 4) is 5.75 Å². The SMILES string of the molecule is CCOc1ccc(CN(C)C(=NC)NCCCn2cccn2)cc1. The number of rotatable bonds is 8. The van der Waals surface area contributed by atoms with E-state index in [0.29, 0.717) is 6.61 Å². The number of nitrogens with one attached hydrogen (secondary N) is 1. The Labute approximate surface area is 144 Å². The second kappa shape index (κ2) is 9.60. The number of aryl methyl sites for hydroxylation is 1. The molecule has 1 aromatic heterocycles. The molecule has 6 heteroatoms. The van der Waals surface area contributed by atoms with E-state index in [4.69, 9.17) is 4.74 Å². The van der Waals surface area contributed by atoms with Gasteiger partial charge in [-0.25, -0.2) is 0 Å². The average Bonchev–Trinajstić information content (AvgIpc) is 3.10. The Bertz CT molecular complexity index is 607. The minimum absolute atomic E-state index is 0.689. The summed E-state index contributed by atoms with van der Waals surface area (Å²) in [5.41, 5.74) is 1.22. The van der Waals surface area contributed by atoms with Gasteiger partial charge in [-0.05, 0) is 37.1 Å². The second-order valence-electron chi connectivity index (χ2n) is 5.53. The number of benzene rings is 1. The van der Waals surface area contributed by atoms with Gasteiger partial charge in [-0.1, -0.05) is 12.1 Å². The van der Waals surface area contributed by atoms with Crippen molar-refractivity contribution in [2.75, 3.05) is 27.2 Å². The Morgan fingerprint density at radius 2 is 2.12 bits per heavy atom. The van der Waals surface area contributed by atoms with Gasteiger partial charge in [0.25, 0.3) is 0 Å². The zero-order chi connectivity index (χ0) is 17.2. The van der Waals surface area contributed by atoms with Gasteiger partial charge < -0.3 is 15.0 Å². The first-order valence-electron chi connectivity index (χ1n) is 8.34. The van der Waals surface area contributed by atoms with Crippen molar-refractivity contribution in [3.63, 3.8) is 0 Å². The van der Waals surface area contributed by atoms with Crippen molar-refractivity contribution in [3.05, 3.63) is 48.3 Å². The van der Waals surface area contributed by atoms with E-state index in [9.17, 15) is 0 Å². The van der Waals surface area contributed by atoms with E-state index in [1.54, 1.807) is 6.20 Å². The lowest BCUT2D eigenvalue weighted by molar-refractivity contribution is 0.340. The van der Waals surface area contributed by atoms with E-state index in [1.165, 1.54) is 5.56 Å². The van der Waals surface area contributed by atoms with Crippen LogP contribution in [0.1, 0.15) is 18.9 Å². The van der Waals surface area contributed by atoms with Gasteiger partial charge in [-0.3, -0.25) is 9.67 Å². The molecule has 1 N–H and O–H groups in total. The molecule has 1 heterocycles. The van der Waals surface area contributed by atoms with Gasteiger partial charge in [0.1, 0.15) is 5.75 Å². The van der Waals surface area contributed by atoms with E-state index in [2.05, 4.69) is 32.4 Å². The normalized spacial score (nSPS) is 11.4. The standard InChI is InChI=1S/C18H27N5O/c1-4-24-17-9-7-16(8-10-17)15-22(3)18(19-2)20-11-5-13-23-14-6-12-21-23/h6-10,12,14H,4-5,11,13,15H2,1-3H3,(H,19,20). The van der Waals surface area contributed by atoms with Crippen LogP contribution < -0.4 is 10.1 Å². The van der Waals surface area contributed by atoms with Crippen molar-refractivity contribution >= 4 is 5.96 Å². The van der Waals surface area contributed by atoms with E-state index >= 15 is 0 Å². The predicted molar refractivity (Wildman–Crippen MR) is 97.3 cm³/mol. The number of hydrogen-bond acceptors (Lipinski definition) is 3. The first-order chi connectivity index (χ1) is 11.7. The highest BCUT2D eigenvalue weighted by Crippen LogP contribution is 2.13. The van der Waals surface area contributed by atoms with Gasteiger partial charge in [0.15, 0.2) is 5.96 Å². The third-order valence-corrected chi connectivity index (χ3v) is 3.63. The van der Waals surface area contributed by atoms with E-state index in [0.717, 1.165) is 37.8 Å². The Balaban J connectivity index is 1.77. The zero-order valence-corrected chi connectivity index (χ0v) is 14.8. The van der Waals surface area contributed by atoms with Crippen molar-refractivity contribution in [1.29, 1.82) is 0 Å². The Morgan fingerprint density at radius 3 is 2.75 bits per heavy atom. The number of aliphatic imine (C=N–C) groups is 1. The zero-order valence-electron chi connectivity index (χ0n) is 14.8. The molecule has 6 nitrogen and oxygen atoms in total.